The quantitative estimate of drug-likeness (QED) is 0.603. The van der Waals surface area contributed by atoms with Crippen molar-refractivity contribution in [1.82, 2.24) is 0 Å². The Morgan fingerprint density at radius 3 is 2.25 bits per heavy atom. The van der Waals surface area contributed by atoms with Gasteiger partial charge in [0.05, 0.1) is 0 Å². The summed E-state index contributed by atoms with van der Waals surface area (Å²) in [6.07, 6.45) is 1.00. The van der Waals surface area contributed by atoms with Gasteiger partial charge in [0.2, 0.25) is 5.96 Å². The first kappa shape index (κ1) is 18.1. The Bertz CT molecular complexity index is 691. The molecule has 0 heterocycles. The zero-order chi connectivity index (χ0) is 17.7. The summed E-state index contributed by atoms with van der Waals surface area (Å²) in [5.74, 6) is 0.520. The maximum atomic E-state index is 8.86. The highest BCUT2D eigenvalue weighted by Crippen LogP contribution is 2.24. The van der Waals surface area contributed by atoms with E-state index < -0.39 is 0 Å². The summed E-state index contributed by atoms with van der Waals surface area (Å²) < 4.78 is 0. The molecule has 0 aliphatic rings. The molecule has 0 aliphatic carbocycles. The van der Waals surface area contributed by atoms with Crippen LogP contribution >= 0.6 is 0 Å². The number of aryl methyl sites for hydroxylation is 2. The van der Waals surface area contributed by atoms with E-state index in [1.165, 1.54) is 11.1 Å². The molecule has 3 heteroatoms. The van der Waals surface area contributed by atoms with Crippen molar-refractivity contribution < 1.29 is 0 Å². The fourth-order valence-corrected chi connectivity index (χ4v) is 2.97. The van der Waals surface area contributed by atoms with Crippen molar-refractivity contribution in [3.05, 3.63) is 59.7 Å². The highest BCUT2D eigenvalue weighted by atomic mass is 15.4. The van der Waals surface area contributed by atoms with Crippen LogP contribution in [0.1, 0.15) is 38.8 Å². The summed E-state index contributed by atoms with van der Waals surface area (Å²) in [7, 11) is 0. The van der Waals surface area contributed by atoms with Gasteiger partial charge in [-0.3, -0.25) is 5.41 Å². The highest BCUT2D eigenvalue weighted by Gasteiger charge is 2.22. The summed E-state index contributed by atoms with van der Waals surface area (Å²) in [5, 5.41) is 8.86. The Labute approximate surface area is 146 Å². The van der Waals surface area contributed by atoms with Crippen LogP contribution in [0.5, 0.6) is 0 Å². The van der Waals surface area contributed by atoms with Crippen LogP contribution in [-0.4, -0.2) is 18.5 Å². The van der Waals surface area contributed by atoms with Gasteiger partial charge >= 0.3 is 0 Å². The highest BCUT2D eigenvalue weighted by molar-refractivity contribution is 6.05. The van der Waals surface area contributed by atoms with Gasteiger partial charge in [0.15, 0.2) is 0 Å². The average molecular weight is 323 g/mol. The first-order valence-corrected chi connectivity index (χ1v) is 8.78. The molecule has 0 fully saturated rings. The summed E-state index contributed by atoms with van der Waals surface area (Å²) in [4.78, 5) is 4.16. The Balaban J connectivity index is 2.40. The maximum absolute atomic E-state index is 8.86. The number of rotatable bonds is 5. The van der Waals surface area contributed by atoms with E-state index in [4.69, 9.17) is 5.41 Å². The van der Waals surface area contributed by atoms with Crippen LogP contribution in [-0.2, 0) is 6.42 Å². The van der Waals surface area contributed by atoms with E-state index in [1.807, 2.05) is 0 Å². The normalized spacial score (nSPS) is 10.8. The summed E-state index contributed by atoms with van der Waals surface area (Å²) in [6, 6.07) is 17.1. The summed E-state index contributed by atoms with van der Waals surface area (Å²) in [5.41, 5.74) is 4.66. The molecule has 0 radical (unpaired) electrons. The lowest BCUT2D eigenvalue weighted by atomic mass is 10.1. The van der Waals surface area contributed by atoms with Crippen molar-refractivity contribution in [2.24, 2.45) is 0 Å². The zero-order valence-electron chi connectivity index (χ0n) is 15.5. The van der Waals surface area contributed by atoms with Crippen LogP contribution in [0.3, 0.4) is 0 Å². The van der Waals surface area contributed by atoms with Gasteiger partial charge in [-0.15, -0.1) is 0 Å². The van der Waals surface area contributed by atoms with Crippen molar-refractivity contribution in [3.63, 3.8) is 0 Å². The first-order chi connectivity index (χ1) is 11.5. The van der Waals surface area contributed by atoms with Gasteiger partial charge in [0.25, 0.3) is 0 Å². The first-order valence-electron chi connectivity index (χ1n) is 8.78. The lowest BCUT2D eigenvalue weighted by Crippen LogP contribution is -2.47. The number of hydrogen-bond donors (Lipinski definition) is 1. The van der Waals surface area contributed by atoms with Crippen LogP contribution in [0, 0.1) is 12.3 Å². The van der Waals surface area contributed by atoms with Crippen molar-refractivity contribution in [3.8, 4) is 0 Å². The molecule has 0 saturated carbocycles. The van der Waals surface area contributed by atoms with E-state index in [9.17, 15) is 0 Å². The van der Waals surface area contributed by atoms with Crippen molar-refractivity contribution in [1.29, 1.82) is 5.41 Å². The van der Waals surface area contributed by atoms with Gasteiger partial charge in [-0.25, -0.2) is 0 Å². The van der Waals surface area contributed by atoms with Crippen LogP contribution in [0.25, 0.3) is 0 Å². The minimum atomic E-state index is 0.212. The Kier molecular flexibility index (Phi) is 6.02. The third kappa shape index (κ3) is 3.97. The lowest BCUT2D eigenvalue weighted by molar-refractivity contribution is 0.787. The van der Waals surface area contributed by atoms with Gasteiger partial charge in [-0.1, -0.05) is 31.2 Å². The molecule has 0 amide bonds. The zero-order valence-corrected chi connectivity index (χ0v) is 15.5. The summed E-state index contributed by atoms with van der Waals surface area (Å²) in [6.45, 7) is 11.4. The predicted octanol–water partition coefficient (Wildman–Crippen LogP) is 5.23. The van der Waals surface area contributed by atoms with Crippen LogP contribution in [0.15, 0.2) is 48.5 Å². The SMILES string of the molecule is CCc1cccc(N(C(=N)N(CC)c2cccc(C)c2)C(C)C)c1. The van der Waals surface area contributed by atoms with Gasteiger partial charge in [0, 0.05) is 24.0 Å². The molecule has 2 rings (SSSR count). The second-order valence-electron chi connectivity index (χ2n) is 6.39. The van der Waals surface area contributed by atoms with Crippen molar-refractivity contribution in [2.75, 3.05) is 16.3 Å². The van der Waals surface area contributed by atoms with Crippen molar-refractivity contribution >= 4 is 17.3 Å². The average Bonchev–Trinajstić information content (AvgIpc) is 2.55. The maximum Gasteiger partial charge on any atom is 0.203 e. The topological polar surface area (TPSA) is 30.3 Å². The predicted molar refractivity (Wildman–Crippen MR) is 105 cm³/mol. The molecule has 0 atom stereocenters. The number of nitrogens with zero attached hydrogens (tertiary/aromatic N) is 2. The van der Waals surface area contributed by atoms with E-state index in [0.29, 0.717) is 5.96 Å². The van der Waals surface area contributed by atoms with E-state index in [0.717, 1.165) is 24.3 Å². The molecule has 0 spiro atoms. The third-order valence-corrected chi connectivity index (χ3v) is 4.23. The van der Waals surface area contributed by atoms with E-state index in [2.05, 4.69) is 92.9 Å². The fourth-order valence-electron chi connectivity index (χ4n) is 2.97. The van der Waals surface area contributed by atoms with Crippen LogP contribution in [0.4, 0.5) is 11.4 Å². The minimum Gasteiger partial charge on any atom is -0.313 e. The molecule has 0 aromatic heterocycles. The molecule has 0 aliphatic heterocycles. The lowest BCUT2D eigenvalue weighted by Gasteiger charge is -2.36. The Hall–Kier alpha value is -2.29. The molecule has 0 saturated heterocycles. The third-order valence-electron chi connectivity index (χ3n) is 4.23. The smallest absolute Gasteiger partial charge is 0.203 e. The van der Waals surface area contributed by atoms with Gasteiger partial charge < -0.3 is 9.80 Å². The van der Waals surface area contributed by atoms with E-state index >= 15 is 0 Å². The molecule has 0 unspecified atom stereocenters. The molecule has 24 heavy (non-hydrogen) atoms. The molecule has 1 N–H and O–H groups in total. The molecule has 2 aromatic carbocycles. The molecule has 128 valence electrons. The van der Waals surface area contributed by atoms with Crippen molar-refractivity contribution in [2.45, 2.75) is 47.1 Å². The molecule has 2 aromatic rings. The van der Waals surface area contributed by atoms with Crippen LogP contribution in [0.2, 0.25) is 0 Å². The largest absolute Gasteiger partial charge is 0.313 e. The molecule has 3 nitrogen and oxygen atoms in total. The van der Waals surface area contributed by atoms with E-state index in [-0.39, 0.29) is 6.04 Å². The fraction of sp³-hybridized carbons (Fsp3) is 0.381. The second kappa shape index (κ2) is 8.00. The van der Waals surface area contributed by atoms with Gasteiger partial charge in [-0.2, -0.15) is 0 Å². The number of benzene rings is 2. The van der Waals surface area contributed by atoms with E-state index in [1.54, 1.807) is 0 Å². The Morgan fingerprint density at radius 2 is 1.67 bits per heavy atom. The molecular formula is C21H29N3. The number of nitrogens with one attached hydrogen (secondary N) is 1. The monoisotopic (exact) mass is 323 g/mol. The number of guanidine groups is 1. The molecular weight excluding hydrogens is 294 g/mol. The van der Waals surface area contributed by atoms with Crippen LogP contribution < -0.4 is 9.80 Å². The minimum absolute atomic E-state index is 0.212. The summed E-state index contributed by atoms with van der Waals surface area (Å²) >= 11 is 0. The van der Waals surface area contributed by atoms with Gasteiger partial charge in [-0.05, 0) is 69.5 Å². The Morgan fingerprint density at radius 1 is 1.00 bits per heavy atom. The van der Waals surface area contributed by atoms with Gasteiger partial charge in [0.1, 0.15) is 0 Å². The standard InChI is InChI=1S/C21H29N3/c1-6-18-11-9-13-20(15-18)24(16(3)4)21(22)23(7-2)19-12-8-10-17(5)14-19/h8-16,22H,6-7H2,1-5H3. The number of hydrogen-bond acceptors (Lipinski definition) is 1. The number of anilines is 2. The second-order valence-corrected chi connectivity index (χ2v) is 6.39. The molecule has 0 bridgehead atoms.